The molecule has 0 saturated heterocycles. The number of carbonyl (C=O) groups excluding carboxylic acids is 2. The van der Waals surface area contributed by atoms with Gasteiger partial charge in [0.15, 0.2) is 4.67 Å². The third-order valence-electron chi connectivity index (χ3n) is 2.94. The Kier molecular flexibility index (Phi) is 6.56. The smallest absolute Gasteiger partial charge is 0.259 e. The summed E-state index contributed by atoms with van der Waals surface area (Å²) in [6, 6.07) is 10.5. The largest absolute Gasteiger partial charge is 0.497 e. The number of rotatable bonds is 7. The molecule has 0 spiro atoms. The van der Waals surface area contributed by atoms with Crippen molar-refractivity contribution in [2.45, 2.75) is 6.42 Å². The van der Waals surface area contributed by atoms with Gasteiger partial charge >= 0.3 is 0 Å². The lowest BCUT2D eigenvalue weighted by molar-refractivity contribution is -0.125. The van der Waals surface area contributed by atoms with Gasteiger partial charge < -0.3 is 14.5 Å². The molecule has 0 radical (unpaired) electrons. The minimum Gasteiger partial charge on any atom is -0.497 e. The molecule has 0 atom stereocenters. The van der Waals surface area contributed by atoms with Gasteiger partial charge in [-0.05, 0) is 45.8 Å². The third kappa shape index (κ3) is 5.88. The Labute approximate surface area is 147 Å². The molecule has 0 bridgehead atoms. The highest BCUT2D eigenvalue weighted by Gasteiger charge is 2.06. The van der Waals surface area contributed by atoms with E-state index in [9.17, 15) is 9.59 Å². The van der Waals surface area contributed by atoms with Crippen LogP contribution in [0.1, 0.15) is 11.3 Å². The Hall–Kier alpha value is -2.61. The number of hydrogen-bond acceptors (Lipinski definition) is 5. The van der Waals surface area contributed by atoms with Gasteiger partial charge in [-0.15, -0.1) is 0 Å². The first kappa shape index (κ1) is 17.7. The molecule has 2 rings (SSSR count). The minimum atomic E-state index is -0.431. The van der Waals surface area contributed by atoms with Crippen molar-refractivity contribution in [2.75, 3.05) is 13.7 Å². The number of hydrogen-bond donors (Lipinski definition) is 2. The first-order chi connectivity index (χ1) is 11.6. The van der Waals surface area contributed by atoms with Crippen LogP contribution < -0.4 is 15.5 Å². The molecule has 0 aliphatic heterocycles. The highest BCUT2D eigenvalue weighted by Crippen LogP contribution is 2.12. The van der Waals surface area contributed by atoms with Crippen molar-refractivity contribution in [3.8, 4) is 5.75 Å². The fraction of sp³-hybridized carbons (Fsp3) is 0.188. The van der Waals surface area contributed by atoms with E-state index in [1.54, 1.807) is 43.5 Å². The van der Waals surface area contributed by atoms with E-state index in [0.717, 1.165) is 11.3 Å². The molecule has 0 aliphatic carbocycles. The molecule has 1 heterocycles. The van der Waals surface area contributed by atoms with Gasteiger partial charge in [-0.3, -0.25) is 9.59 Å². The van der Waals surface area contributed by atoms with Crippen LogP contribution in [0.4, 0.5) is 0 Å². The number of methoxy groups -OCH3 is 1. The summed E-state index contributed by atoms with van der Waals surface area (Å²) in [6.07, 6.45) is 1.54. The molecule has 126 valence electrons. The number of hydrazone groups is 1. The molecule has 0 fully saturated rings. The predicted molar refractivity (Wildman–Crippen MR) is 91.9 cm³/mol. The van der Waals surface area contributed by atoms with Crippen LogP contribution in [-0.4, -0.2) is 31.7 Å². The summed E-state index contributed by atoms with van der Waals surface area (Å²) in [6.45, 7) is -0.159. The van der Waals surface area contributed by atoms with Crippen LogP contribution in [0.25, 0.3) is 0 Å². The Bertz CT molecular complexity index is 725. The number of nitrogens with zero attached hydrogens (tertiary/aromatic N) is 1. The first-order valence-corrected chi connectivity index (χ1v) is 7.83. The van der Waals surface area contributed by atoms with Crippen LogP contribution in [-0.2, 0) is 16.0 Å². The standard InChI is InChI=1S/C16H16BrN3O4/c1-23-12-4-2-11(3-5-12)8-15(21)18-10-16(22)20-19-9-13-6-7-14(17)24-13/h2-7,9H,8,10H2,1H3,(H,18,21)(H,20,22)/b19-9+. The van der Waals surface area contributed by atoms with Crippen molar-refractivity contribution in [1.82, 2.24) is 10.7 Å². The van der Waals surface area contributed by atoms with E-state index in [0.29, 0.717) is 10.4 Å². The molecule has 0 unspecified atom stereocenters. The molecule has 24 heavy (non-hydrogen) atoms. The number of carbonyl (C=O) groups is 2. The molecule has 2 aromatic rings. The fourth-order valence-electron chi connectivity index (χ4n) is 1.78. The Morgan fingerprint density at radius 1 is 1.21 bits per heavy atom. The second kappa shape index (κ2) is 8.88. The topological polar surface area (TPSA) is 92.9 Å². The first-order valence-electron chi connectivity index (χ1n) is 7.03. The normalized spacial score (nSPS) is 10.6. The Balaban J connectivity index is 1.70. The zero-order valence-electron chi connectivity index (χ0n) is 12.9. The van der Waals surface area contributed by atoms with Crippen molar-refractivity contribution in [2.24, 2.45) is 5.10 Å². The zero-order chi connectivity index (χ0) is 17.4. The second-order valence-electron chi connectivity index (χ2n) is 4.74. The van der Waals surface area contributed by atoms with Crippen molar-refractivity contribution >= 4 is 34.0 Å². The van der Waals surface area contributed by atoms with Gasteiger partial charge in [0.25, 0.3) is 5.91 Å². The van der Waals surface area contributed by atoms with E-state index in [2.05, 4.69) is 31.8 Å². The van der Waals surface area contributed by atoms with Crippen molar-refractivity contribution in [3.63, 3.8) is 0 Å². The van der Waals surface area contributed by atoms with Crippen LogP contribution in [0.15, 0.2) is 50.6 Å². The molecule has 2 N–H and O–H groups in total. The van der Waals surface area contributed by atoms with Gasteiger partial charge in [0.05, 0.1) is 26.3 Å². The zero-order valence-corrected chi connectivity index (χ0v) is 14.5. The second-order valence-corrected chi connectivity index (χ2v) is 5.52. The summed E-state index contributed by atoms with van der Waals surface area (Å²) >= 11 is 3.16. The highest BCUT2D eigenvalue weighted by atomic mass is 79.9. The lowest BCUT2D eigenvalue weighted by Crippen LogP contribution is -2.35. The lowest BCUT2D eigenvalue weighted by Gasteiger charge is -2.05. The van der Waals surface area contributed by atoms with E-state index in [4.69, 9.17) is 9.15 Å². The molecule has 7 nitrogen and oxygen atoms in total. The highest BCUT2D eigenvalue weighted by molar-refractivity contribution is 9.10. The number of furan rings is 1. The van der Waals surface area contributed by atoms with Crippen molar-refractivity contribution < 1.29 is 18.7 Å². The van der Waals surface area contributed by atoms with Crippen LogP contribution in [0.2, 0.25) is 0 Å². The molecular formula is C16H16BrN3O4. The monoisotopic (exact) mass is 393 g/mol. The van der Waals surface area contributed by atoms with Crippen molar-refractivity contribution in [3.05, 3.63) is 52.4 Å². The molecule has 1 aromatic carbocycles. The van der Waals surface area contributed by atoms with E-state index in [-0.39, 0.29) is 18.9 Å². The van der Waals surface area contributed by atoms with Crippen LogP contribution >= 0.6 is 15.9 Å². The average molecular weight is 394 g/mol. The van der Waals surface area contributed by atoms with Gasteiger partial charge in [0, 0.05) is 0 Å². The SMILES string of the molecule is COc1ccc(CC(=O)NCC(=O)N/N=C/c2ccc(Br)o2)cc1. The van der Waals surface area contributed by atoms with Gasteiger partial charge in [0.1, 0.15) is 11.5 Å². The van der Waals surface area contributed by atoms with E-state index < -0.39 is 5.91 Å². The maximum absolute atomic E-state index is 11.8. The van der Waals surface area contributed by atoms with E-state index in [1.165, 1.54) is 6.21 Å². The number of nitrogens with one attached hydrogen (secondary N) is 2. The van der Waals surface area contributed by atoms with Crippen LogP contribution in [0.5, 0.6) is 5.75 Å². The molecule has 0 saturated carbocycles. The minimum absolute atomic E-state index is 0.159. The summed E-state index contributed by atoms with van der Waals surface area (Å²) in [7, 11) is 1.58. The Morgan fingerprint density at radius 3 is 2.58 bits per heavy atom. The quantitative estimate of drug-likeness (QED) is 0.554. The summed E-state index contributed by atoms with van der Waals surface area (Å²) < 4.78 is 10.8. The van der Waals surface area contributed by atoms with Crippen LogP contribution in [0.3, 0.4) is 0 Å². The van der Waals surface area contributed by atoms with Gasteiger partial charge in [-0.25, -0.2) is 5.43 Å². The molecular weight excluding hydrogens is 378 g/mol. The van der Waals surface area contributed by atoms with Crippen molar-refractivity contribution in [1.29, 1.82) is 0 Å². The molecule has 8 heteroatoms. The van der Waals surface area contributed by atoms with E-state index >= 15 is 0 Å². The predicted octanol–water partition coefficient (Wildman–Crippen LogP) is 1.86. The number of amides is 2. The summed E-state index contributed by atoms with van der Waals surface area (Å²) in [5.41, 5.74) is 3.13. The average Bonchev–Trinajstić information content (AvgIpc) is 2.99. The van der Waals surface area contributed by atoms with Gasteiger partial charge in [-0.1, -0.05) is 12.1 Å². The lowest BCUT2D eigenvalue weighted by atomic mass is 10.1. The van der Waals surface area contributed by atoms with Crippen LogP contribution in [0, 0.1) is 0 Å². The number of ether oxygens (including phenoxy) is 1. The molecule has 0 aliphatic rings. The molecule has 2 amide bonds. The summed E-state index contributed by atoms with van der Waals surface area (Å²) in [5.74, 6) is 0.528. The maximum Gasteiger partial charge on any atom is 0.259 e. The molecule has 1 aromatic heterocycles. The summed E-state index contributed by atoms with van der Waals surface area (Å²) in [4.78, 5) is 23.4. The fourth-order valence-corrected chi connectivity index (χ4v) is 2.09. The van der Waals surface area contributed by atoms with E-state index in [1.807, 2.05) is 0 Å². The maximum atomic E-state index is 11.8. The number of halogens is 1. The number of benzene rings is 1. The third-order valence-corrected chi connectivity index (χ3v) is 3.37. The van der Waals surface area contributed by atoms with Gasteiger partial charge in [0.2, 0.25) is 5.91 Å². The summed E-state index contributed by atoms with van der Waals surface area (Å²) in [5, 5.41) is 6.26. The Morgan fingerprint density at radius 2 is 1.96 bits per heavy atom. The van der Waals surface area contributed by atoms with Gasteiger partial charge in [-0.2, -0.15) is 5.10 Å².